The van der Waals surface area contributed by atoms with Crippen LogP contribution in [-0.2, 0) is 5.41 Å². The molecule has 0 amide bonds. The van der Waals surface area contributed by atoms with Gasteiger partial charge in [-0.2, -0.15) is 0 Å². The molecular weight excluding hydrogens is 603 g/mol. The van der Waals surface area contributed by atoms with E-state index in [1.807, 2.05) is 0 Å². The lowest BCUT2D eigenvalue weighted by Gasteiger charge is -2.37. The SMILES string of the molecule is c1ccc(-c2ccc(-c3ccc(N(c4ccc5c(c4)C4(CC6CCC4C6)c4ccccc4-5)c4ccccc4-c4ccccc4)cc3)cc2)cc1. The van der Waals surface area contributed by atoms with Gasteiger partial charge in [0.1, 0.15) is 0 Å². The van der Waals surface area contributed by atoms with Crippen LogP contribution in [0.15, 0.2) is 176 Å². The van der Waals surface area contributed by atoms with Gasteiger partial charge in [0.2, 0.25) is 0 Å². The Bertz CT molecular complexity index is 2320. The Labute approximate surface area is 295 Å². The van der Waals surface area contributed by atoms with Crippen LogP contribution in [0.2, 0.25) is 0 Å². The maximum atomic E-state index is 2.56. The first-order chi connectivity index (χ1) is 24.8. The largest absolute Gasteiger partial charge is 0.310 e. The smallest absolute Gasteiger partial charge is 0.0540 e. The number of hydrogen-bond donors (Lipinski definition) is 0. The Morgan fingerprint density at radius 1 is 0.420 bits per heavy atom. The Morgan fingerprint density at radius 2 is 0.960 bits per heavy atom. The van der Waals surface area contributed by atoms with Crippen molar-refractivity contribution in [3.63, 3.8) is 0 Å². The minimum Gasteiger partial charge on any atom is -0.310 e. The van der Waals surface area contributed by atoms with Crippen molar-refractivity contribution in [2.75, 3.05) is 4.90 Å². The van der Waals surface area contributed by atoms with Gasteiger partial charge in [0.25, 0.3) is 0 Å². The average Bonchev–Trinajstić information content (AvgIpc) is 3.89. The normalized spacial score (nSPS) is 19.8. The van der Waals surface area contributed by atoms with Gasteiger partial charge in [0.05, 0.1) is 5.69 Å². The molecule has 240 valence electrons. The van der Waals surface area contributed by atoms with Crippen molar-refractivity contribution in [3.8, 4) is 44.5 Å². The highest BCUT2D eigenvalue weighted by Crippen LogP contribution is 2.66. The third-order valence-corrected chi connectivity index (χ3v) is 12.0. The fraction of sp³-hybridized carbons (Fsp3) is 0.143. The van der Waals surface area contributed by atoms with Gasteiger partial charge in [0, 0.05) is 22.4 Å². The number of para-hydroxylation sites is 1. The highest BCUT2D eigenvalue weighted by molar-refractivity contribution is 5.91. The van der Waals surface area contributed by atoms with Gasteiger partial charge in [-0.3, -0.25) is 0 Å². The molecule has 0 N–H and O–H groups in total. The predicted molar refractivity (Wildman–Crippen MR) is 209 cm³/mol. The van der Waals surface area contributed by atoms with E-state index in [0.29, 0.717) is 0 Å². The molecule has 3 atom stereocenters. The molecule has 50 heavy (non-hydrogen) atoms. The van der Waals surface area contributed by atoms with Gasteiger partial charge in [-0.15, -0.1) is 0 Å². The van der Waals surface area contributed by atoms with E-state index in [1.54, 1.807) is 11.1 Å². The van der Waals surface area contributed by atoms with E-state index in [0.717, 1.165) is 17.5 Å². The molecule has 3 aliphatic carbocycles. The van der Waals surface area contributed by atoms with Crippen molar-refractivity contribution in [1.29, 1.82) is 0 Å². The molecule has 7 aromatic carbocycles. The van der Waals surface area contributed by atoms with Crippen LogP contribution in [0.4, 0.5) is 17.1 Å². The topological polar surface area (TPSA) is 3.24 Å². The molecule has 0 aliphatic heterocycles. The zero-order chi connectivity index (χ0) is 33.1. The minimum atomic E-state index is 0.130. The molecule has 1 spiro atoms. The number of fused-ring (bicyclic) bond motifs is 8. The van der Waals surface area contributed by atoms with Crippen LogP contribution in [-0.4, -0.2) is 0 Å². The van der Waals surface area contributed by atoms with Crippen molar-refractivity contribution in [2.24, 2.45) is 11.8 Å². The van der Waals surface area contributed by atoms with Gasteiger partial charge < -0.3 is 4.90 Å². The second-order valence-electron chi connectivity index (χ2n) is 14.5. The van der Waals surface area contributed by atoms with Crippen molar-refractivity contribution < 1.29 is 0 Å². The number of benzene rings is 7. The van der Waals surface area contributed by atoms with Crippen molar-refractivity contribution in [3.05, 3.63) is 187 Å². The minimum absolute atomic E-state index is 0.130. The molecule has 2 bridgehead atoms. The first-order valence-corrected chi connectivity index (χ1v) is 18.2. The molecule has 0 aromatic heterocycles. The second-order valence-corrected chi connectivity index (χ2v) is 14.5. The van der Waals surface area contributed by atoms with E-state index < -0.39 is 0 Å². The first kappa shape index (κ1) is 29.3. The van der Waals surface area contributed by atoms with Crippen LogP contribution in [0.1, 0.15) is 36.8 Å². The van der Waals surface area contributed by atoms with E-state index in [1.165, 1.54) is 81.6 Å². The number of anilines is 3. The monoisotopic (exact) mass is 641 g/mol. The third-order valence-electron chi connectivity index (χ3n) is 12.0. The summed E-state index contributed by atoms with van der Waals surface area (Å²) in [6, 6.07) is 65.1. The number of nitrogens with zero attached hydrogens (tertiary/aromatic N) is 1. The van der Waals surface area contributed by atoms with Gasteiger partial charge in [-0.1, -0.05) is 152 Å². The predicted octanol–water partition coefficient (Wildman–Crippen LogP) is 13.2. The highest BCUT2D eigenvalue weighted by Gasteiger charge is 2.56. The van der Waals surface area contributed by atoms with Gasteiger partial charge >= 0.3 is 0 Å². The maximum absolute atomic E-state index is 2.56. The summed E-state index contributed by atoms with van der Waals surface area (Å²) in [4.78, 5) is 2.49. The molecule has 3 aliphatic rings. The maximum Gasteiger partial charge on any atom is 0.0540 e. The summed E-state index contributed by atoms with van der Waals surface area (Å²) < 4.78 is 0. The van der Waals surface area contributed by atoms with Gasteiger partial charge in [-0.25, -0.2) is 0 Å². The molecule has 1 nitrogen and oxygen atoms in total. The Morgan fingerprint density at radius 3 is 1.62 bits per heavy atom. The number of hydrogen-bond acceptors (Lipinski definition) is 1. The van der Waals surface area contributed by atoms with Crippen LogP contribution in [0, 0.1) is 11.8 Å². The van der Waals surface area contributed by atoms with E-state index in [9.17, 15) is 0 Å². The van der Waals surface area contributed by atoms with Crippen molar-refractivity contribution >= 4 is 17.1 Å². The van der Waals surface area contributed by atoms with Gasteiger partial charge in [-0.05, 0) is 112 Å². The van der Waals surface area contributed by atoms with Crippen LogP contribution >= 0.6 is 0 Å². The first-order valence-electron chi connectivity index (χ1n) is 18.2. The molecule has 0 heterocycles. The summed E-state index contributed by atoms with van der Waals surface area (Å²) in [6.45, 7) is 0. The second kappa shape index (κ2) is 11.7. The van der Waals surface area contributed by atoms with Crippen molar-refractivity contribution in [1.82, 2.24) is 0 Å². The summed E-state index contributed by atoms with van der Waals surface area (Å²) in [5, 5.41) is 0. The summed E-state index contributed by atoms with van der Waals surface area (Å²) in [7, 11) is 0. The van der Waals surface area contributed by atoms with Crippen LogP contribution in [0.5, 0.6) is 0 Å². The molecular formula is C49H39N. The molecule has 2 fully saturated rings. The van der Waals surface area contributed by atoms with E-state index in [-0.39, 0.29) is 5.41 Å². The fourth-order valence-corrected chi connectivity index (χ4v) is 9.76. The van der Waals surface area contributed by atoms with Crippen LogP contribution in [0.3, 0.4) is 0 Å². The van der Waals surface area contributed by atoms with E-state index >= 15 is 0 Å². The summed E-state index contributed by atoms with van der Waals surface area (Å²) >= 11 is 0. The molecule has 3 unspecified atom stereocenters. The lowest BCUT2D eigenvalue weighted by atomic mass is 9.67. The summed E-state index contributed by atoms with van der Waals surface area (Å²) in [5.41, 5.74) is 17.1. The molecule has 10 rings (SSSR count). The zero-order valence-corrected chi connectivity index (χ0v) is 28.2. The zero-order valence-electron chi connectivity index (χ0n) is 28.2. The Hall–Kier alpha value is -5.66. The lowest BCUT2D eigenvalue weighted by Crippen LogP contribution is -2.32. The van der Waals surface area contributed by atoms with E-state index in [2.05, 4.69) is 181 Å². The van der Waals surface area contributed by atoms with E-state index in [4.69, 9.17) is 0 Å². The molecule has 2 saturated carbocycles. The average molecular weight is 642 g/mol. The van der Waals surface area contributed by atoms with Crippen LogP contribution in [0.25, 0.3) is 44.5 Å². The van der Waals surface area contributed by atoms with Gasteiger partial charge in [0.15, 0.2) is 0 Å². The third kappa shape index (κ3) is 4.61. The van der Waals surface area contributed by atoms with Crippen molar-refractivity contribution in [2.45, 2.75) is 31.1 Å². The molecule has 7 aromatic rings. The molecule has 0 saturated heterocycles. The number of rotatable bonds is 6. The Balaban J connectivity index is 1.10. The Kier molecular flexibility index (Phi) is 6.88. The summed E-state index contributed by atoms with van der Waals surface area (Å²) in [6.07, 6.45) is 5.38. The van der Waals surface area contributed by atoms with Crippen LogP contribution < -0.4 is 4.90 Å². The molecule has 1 heteroatoms. The quantitative estimate of drug-likeness (QED) is 0.175. The summed E-state index contributed by atoms with van der Waals surface area (Å²) in [5.74, 6) is 1.56. The standard InChI is InChI=1S/C49H39N/c1-3-11-35(12-4-1)36-20-22-37(23-21-36)38-24-27-41(28-25-38)50(48-18-10-8-15-43(48)39-13-5-2-6-14-39)42-29-30-45-44-16-7-9-17-46(44)49(47(45)32-42)33-34-19-26-40(49)31-34/h1-18,20-25,27-30,32,34,40H,19,26,31,33H2. The fourth-order valence-electron chi connectivity index (χ4n) is 9.76. The highest BCUT2D eigenvalue weighted by atomic mass is 15.1. The molecule has 0 radical (unpaired) electrons. The lowest BCUT2D eigenvalue weighted by molar-refractivity contribution is 0.327.